The van der Waals surface area contributed by atoms with Crippen molar-refractivity contribution in [1.29, 1.82) is 0 Å². The van der Waals surface area contributed by atoms with Gasteiger partial charge in [0.05, 0.1) is 19.5 Å². The fourth-order valence-corrected chi connectivity index (χ4v) is 3.18. The van der Waals surface area contributed by atoms with Gasteiger partial charge < -0.3 is 14.7 Å². The summed E-state index contributed by atoms with van der Waals surface area (Å²) >= 11 is 1.57. The van der Waals surface area contributed by atoms with Crippen molar-refractivity contribution in [1.82, 2.24) is 4.90 Å². The van der Waals surface area contributed by atoms with Gasteiger partial charge in [-0.15, -0.1) is 11.8 Å². The average Bonchev–Trinajstić information content (AvgIpc) is 2.72. The van der Waals surface area contributed by atoms with E-state index in [9.17, 15) is 4.79 Å². The number of carbonyl (C=O) groups excluding carboxylic acids is 1. The van der Waals surface area contributed by atoms with E-state index in [-0.39, 0.29) is 17.9 Å². The van der Waals surface area contributed by atoms with Crippen LogP contribution in [0.3, 0.4) is 0 Å². The smallest absolute Gasteiger partial charge is 0.233 e. The second kappa shape index (κ2) is 5.42. The van der Waals surface area contributed by atoms with E-state index in [2.05, 4.69) is 0 Å². The van der Waals surface area contributed by atoms with Gasteiger partial charge in [-0.05, 0) is 6.07 Å². The van der Waals surface area contributed by atoms with Gasteiger partial charge in [-0.3, -0.25) is 4.79 Å². The summed E-state index contributed by atoms with van der Waals surface area (Å²) in [5.41, 5.74) is 0.985. The van der Waals surface area contributed by atoms with Gasteiger partial charge in [0, 0.05) is 12.1 Å². The highest BCUT2D eigenvalue weighted by Crippen LogP contribution is 2.41. The molecule has 0 saturated carbocycles. The van der Waals surface area contributed by atoms with Crippen molar-refractivity contribution in [2.75, 3.05) is 26.0 Å². The number of ether oxygens (including phenoxy) is 1. The average molecular weight is 253 g/mol. The maximum absolute atomic E-state index is 11.7. The third-order valence-corrected chi connectivity index (χ3v) is 3.95. The number of methoxy groups -OCH3 is 1. The van der Waals surface area contributed by atoms with Crippen LogP contribution in [0, 0.1) is 0 Å². The molecular formula is C12H15NO3S. The molecule has 1 aliphatic rings. The fourth-order valence-electron chi connectivity index (χ4n) is 1.93. The van der Waals surface area contributed by atoms with Gasteiger partial charge in [0.2, 0.25) is 5.91 Å². The molecule has 1 N–H and O–H groups in total. The van der Waals surface area contributed by atoms with Crippen LogP contribution in [0.1, 0.15) is 10.9 Å². The van der Waals surface area contributed by atoms with E-state index in [0.717, 1.165) is 11.3 Å². The lowest BCUT2D eigenvalue weighted by molar-refractivity contribution is -0.128. The lowest BCUT2D eigenvalue weighted by Gasteiger charge is -2.24. The molecule has 1 aliphatic heterocycles. The van der Waals surface area contributed by atoms with Crippen molar-refractivity contribution in [2.24, 2.45) is 0 Å². The lowest BCUT2D eigenvalue weighted by Crippen LogP contribution is -2.31. The Morgan fingerprint density at radius 3 is 3.00 bits per heavy atom. The quantitative estimate of drug-likeness (QED) is 0.877. The van der Waals surface area contributed by atoms with Gasteiger partial charge >= 0.3 is 0 Å². The SMILES string of the molecule is COc1ccccc1C1SCC(=O)N1CCO. The van der Waals surface area contributed by atoms with Gasteiger partial charge in [-0.25, -0.2) is 0 Å². The van der Waals surface area contributed by atoms with Crippen LogP contribution >= 0.6 is 11.8 Å². The third-order valence-electron chi connectivity index (χ3n) is 2.71. The molecule has 1 aromatic rings. The molecule has 0 aromatic heterocycles. The van der Waals surface area contributed by atoms with Crippen LogP contribution in [0.15, 0.2) is 24.3 Å². The zero-order chi connectivity index (χ0) is 12.3. The number of hydrogen-bond acceptors (Lipinski definition) is 4. The Bertz CT molecular complexity index is 410. The molecule has 0 aliphatic carbocycles. The maximum Gasteiger partial charge on any atom is 0.233 e. The van der Waals surface area contributed by atoms with Crippen LogP contribution in [0.4, 0.5) is 0 Å². The molecule has 17 heavy (non-hydrogen) atoms. The van der Waals surface area contributed by atoms with E-state index < -0.39 is 0 Å². The molecule has 1 saturated heterocycles. The van der Waals surface area contributed by atoms with Crippen molar-refractivity contribution in [2.45, 2.75) is 5.37 Å². The summed E-state index contributed by atoms with van der Waals surface area (Å²) in [4.78, 5) is 13.4. The number of nitrogens with zero attached hydrogens (tertiary/aromatic N) is 1. The molecule has 1 aromatic carbocycles. The molecule has 0 radical (unpaired) electrons. The van der Waals surface area contributed by atoms with Crippen LogP contribution in [-0.2, 0) is 4.79 Å². The number of rotatable bonds is 4. The largest absolute Gasteiger partial charge is 0.496 e. The molecule has 1 atom stereocenters. The minimum atomic E-state index is -0.0502. The summed E-state index contributed by atoms with van der Waals surface area (Å²) in [6, 6.07) is 7.67. The van der Waals surface area contributed by atoms with Crippen LogP contribution in [0.2, 0.25) is 0 Å². The second-order valence-corrected chi connectivity index (χ2v) is 4.78. The molecular weight excluding hydrogens is 238 g/mol. The van der Waals surface area contributed by atoms with Crippen molar-refractivity contribution in [3.63, 3.8) is 0 Å². The first-order valence-electron chi connectivity index (χ1n) is 5.42. The zero-order valence-corrected chi connectivity index (χ0v) is 10.4. The highest BCUT2D eigenvalue weighted by molar-refractivity contribution is 8.00. The first-order chi connectivity index (χ1) is 8.27. The van der Waals surface area contributed by atoms with Gasteiger partial charge in [0.1, 0.15) is 11.1 Å². The number of aliphatic hydroxyl groups is 1. The first-order valence-corrected chi connectivity index (χ1v) is 6.47. The number of amides is 1. The van der Waals surface area contributed by atoms with E-state index in [4.69, 9.17) is 9.84 Å². The van der Waals surface area contributed by atoms with Crippen LogP contribution in [-0.4, -0.2) is 41.9 Å². The molecule has 1 unspecified atom stereocenters. The van der Waals surface area contributed by atoms with Gasteiger partial charge in [0.25, 0.3) is 0 Å². The maximum atomic E-state index is 11.7. The van der Waals surface area contributed by atoms with Crippen LogP contribution in [0.25, 0.3) is 0 Å². The number of carbonyl (C=O) groups is 1. The number of benzene rings is 1. The summed E-state index contributed by atoms with van der Waals surface area (Å²) in [7, 11) is 1.62. The van der Waals surface area contributed by atoms with Gasteiger partial charge in [0.15, 0.2) is 0 Å². The van der Waals surface area contributed by atoms with Crippen molar-refractivity contribution >= 4 is 17.7 Å². The number of para-hydroxylation sites is 1. The minimum Gasteiger partial charge on any atom is -0.496 e. The molecule has 1 amide bonds. The van der Waals surface area contributed by atoms with E-state index in [1.807, 2.05) is 24.3 Å². The second-order valence-electron chi connectivity index (χ2n) is 3.72. The fraction of sp³-hybridized carbons (Fsp3) is 0.417. The molecule has 1 heterocycles. The highest BCUT2D eigenvalue weighted by atomic mass is 32.2. The zero-order valence-electron chi connectivity index (χ0n) is 9.63. The highest BCUT2D eigenvalue weighted by Gasteiger charge is 2.33. The van der Waals surface area contributed by atoms with E-state index in [1.54, 1.807) is 23.8 Å². The van der Waals surface area contributed by atoms with Crippen molar-refractivity contribution in [3.8, 4) is 5.75 Å². The predicted octanol–water partition coefficient (Wildman–Crippen LogP) is 1.26. The van der Waals surface area contributed by atoms with E-state index >= 15 is 0 Å². The number of hydrogen-bond donors (Lipinski definition) is 1. The summed E-state index contributed by atoms with van der Waals surface area (Å²) in [5.74, 6) is 1.31. The molecule has 4 nitrogen and oxygen atoms in total. The van der Waals surface area contributed by atoms with Crippen molar-refractivity contribution in [3.05, 3.63) is 29.8 Å². The first kappa shape index (κ1) is 12.3. The predicted molar refractivity (Wildman–Crippen MR) is 67.0 cm³/mol. The standard InChI is InChI=1S/C12H15NO3S/c1-16-10-5-3-2-4-9(10)12-13(6-7-14)11(15)8-17-12/h2-5,12,14H,6-8H2,1H3. The summed E-state index contributed by atoms with van der Waals surface area (Å²) in [6.45, 7) is 0.354. The lowest BCUT2D eigenvalue weighted by atomic mass is 10.2. The summed E-state index contributed by atoms with van der Waals surface area (Å²) < 4.78 is 5.31. The Morgan fingerprint density at radius 2 is 2.29 bits per heavy atom. The molecule has 0 spiro atoms. The Balaban J connectivity index is 2.29. The van der Waals surface area contributed by atoms with Gasteiger partial charge in [-0.1, -0.05) is 18.2 Å². The summed E-state index contributed by atoms with van der Waals surface area (Å²) in [5, 5.41) is 8.95. The number of thioether (sulfide) groups is 1. The van der Waals surface area contributed by atoms with Gasteiger partial charge in [-0.2, -0.15) is 0 Å². The third kappa shape index (κ3) is 2.40. The monoisotopic (exact) mass is 253 g/mol. The normalized spacial score (nSPS) is 19.8. The summed E-state index contributed by atoms with van der Waals surface area (Å²) in [6.07, 6.45) is 0. The Kier molecular flexibility index (Phi) is 3.91. The molecule has 5 heteroatoms. The number of aliphatic hydroxyl groups excluding tert-OH is 1. The Morgan fingerprint density at radius 1 is 1.53 bits per heavy atom. The van der Waals surface area contributed by atoms with E-state index in [1.165, 1.54) is 0 Å². The number of β-amino-alcohol motifs (C(OH)–C–C–N with tert-alkyl or cyclic N) is 1. The van der Waals surface area contributed by atoms with Crippen LogP contribution in [0.5, 0.6) is 5.75 Å². The van der Waals surface area contributed by atoms with Crippen LogP contribution < -0.4 is 4.74 Å². The Labute approximate surface area is 105 Å². The minimum absolute atomic E-state index is 0.0159. The topological polar surface area (TPSA) is 49.8 Å². The molecule has 92 valence electrons. The van der Waals surface area contributed by atoms with E-state index in [0.29, 0.717) is 12.3 Å². The molecule has 2 rings (SSSR count). The molecule has 0 bridgehead atoms. The Hall–Kier alpha value is -1.20. The molecule has 1 fully saturated rings. The van der Waals surface area contributed by atoms with Crippen molar-refractivity contribution < 1.29 is 14.6 Å².